The molecule has 1 aromatic carbocycles. The van der Waals surface area contributed by atoms with Gasteiger partial charge in [-0.05, 0) is 55.8 Å². The minimum absolute atomic E-state index is 0.0340. The highest BCUT2D eigenvalue weighted by Gasteiger charge is 2.16. The van der Waals surface area contributed by atoms with Crippen molar-refractivity contribution in [1.29, 1.82) is 0 Å². The van der Waals surface area contributed by atoms with Crippen LogP contribution in [0.1, 0.15) is 28.0 Å². The van der Waals surface area contributed by atoms with Crippen LogP contribution < -0.4 is 10.6 Å². The molecule has 1 saturated heterocycles. The number of nitrogens with one attached hydrogen (secondary N) is 2. The van der Waals surface area contributed by atoms with Crippen LogP contribution in [0.15, 0.2) is 35.6 Å². The lowest BCUT2D eigenvalue weighted by molar-refractivity contribution is 0.0950. The molecule has 1 atom stereocenters. The lowest BCUT2D eigenvalue weighted by Gasteiger charge is -2.10. The molecule has 2 aromatic rings. The zero-order valence-electron chi connectivity index (χ0n) is 14.2. The molecule has 0 aliphatic carbocycles. The summed E-state index contributed by atoms with van der Waals surface area (Å²) in [5.74, 6) is 0.649. The molecule has 2 heterocycles. The van der Waals surface area contributed by atoms with Gasteiger partial charge in [-0.15, -0.1) is 0 Å². The SMILES string of the molecule is CSc1ncc(CNC(=O)c2cccc(CC3CCNC3)c2)n1C. The highest BCUT2D eigenvalue weighted by Crippen LogP contribution is 2.17. The van der Waals surface area contributed by atoms with Crippen LogP contribution in [0.25, 0.3) is 0 Å². The number of hydrogen-bond donors (Lipinski definition) is 2. The van der Waals surface area contributed by atoms with E-state index in [0.717, 1.165) is 35.9 Å². The second-order valence-corrected chi connectivity index (χ2v) is 7.01. The summed E-state index contributed by atoms with van der Waals surface area (Å²) in [6.07, 6.45) is 6.06. The molecule has 1 aliphatic heterocycles. The quantitative estimate of drug-likeness (QED) is 0.789. The van der Waals surface area contributed by atoms with Crippen LogP contribution in [0.4, 0.5) is 0 Å². The summed E-state index contributed by atoms with van der Waals surface area (Å²) >= 11 is 1.60. The van der Waals surface area contributed by atoms with Crippen molar-refractivity contribution >= 4 is 17.7 Å². The maximum Gasteiger partial charge on any atom is 0.251 e. The maximum atomic E-state index is 12.4. The van der Waals surface area contributed by atoms with E-state index in [1.54, 1.807) is 11.8 Å². The van der Waals surface area contributed by atoms with Crippen LogP contribution in [0.3, 0.4) is 0 Å². The topological polar surface area (TPSA) is 59.0 Å². The van der Waals surface area contributed by atoms with E-state index >= 15 is 0 Å². The number of carbonyl (C=O) groups excluding carboxylic acids is 1. The van der Waals surface area contributed by atoms with Gasteiger partial charge < -0.3 is 15.2 Å². The smallest absolute Gasteiger partial charge is 0.251 e. The normalized spacial score (nSPS) is 17.2. The largest absolute Gasteiger partial charge is 0.346 e. The second-order valence-electron chi connectivity index (χ2n) is 6.24. The second kappa shape index (κ2) is 7.85. The van der Waals surface area contributed by atoms with E-state index in [-0.39, 0.29) is 5.91 Å². The number of rotatable bonds is 6. The average molecular weight is 344 g/mol. The Morgan fingerprint density at radius 2 is 2.38 bits per heavy atom. The molecule has 128 valence electrons. The van der Waals surface area contributed by atoms with Crippen LogP contribution in [0.5, 0.6) is 0 Å². The first kappa shape index (κ1) is 17.0. The van der Waals surface area contributed by atoms with Gasteiger partial charge in [-0.3, -0.25) is 4.79 Å². The Bertz CT molecular complexity index is 707. The van der Waals surface area contributed by atoms with E-state index in [9.17, 15) is 4.79 Å². The molecule has 2 N–H and O–H groups in total. The van der Waals surface area contributed by atoms with Crippen LogP contribution in [0, 0.1) is 5.92 Å². The standard InChI is InChI=1S/C18H24N4OS/c1-22-16(12-21-18(22)24-2)11-20-17(23)15-5-3-4-13(9-15)8-14-6-7-19-10-14/h3-5,9,12,14,19H,6-8,10-11H2,1-2H3,(H,20,23). The van der Waals surface area contributed by atoms with Gasteiger partial charge in [-0.2, -0.15) is 0 Å². The van der Waals surface area contributed by atoms with E-state index in [1.807, 2.05) is 42.3 Å². The van der Waals surface area contributed by atoms with Gasteiger partial charge in [-0.25, -0.2) is 4.98 Å². The summed E-state index contributed by atoms with van der Waals surface area (Å²) in [7, 11) is 1.97. The number of nitrogens with zero attached hydrogens (tertiary/aromatic N) is 2. The molecule has 1 aromatic heterocycles. The number of hydrogen-bond acceptors (Lipinski definition) is 4. The van der Waals surface area contributed by atoms with Crippen molar-refractivity contribution in [1.82, 2.24) is 20.2 Å². The summed E-state index contributed by atoms with van der Waals surface area (Å²) in [4.78, 5) is 16.8. The van der Waals surface area contributed by atoms with Crippen LogP contribution in [-0.4, -0.2) is 34.8 Å². The monoisotopic (exact) mass is 344 g/mol. The molecule has 1 fully saturated rings. The third-order valence-electron chi connectivity index (χ3n) is 4.53. The molecule has 0 bridgehead atoms. The zero-order valence-corrected chi connectivity index (χ0v) is 15.0. The molecule has 0 spiro atoms. The maximum absolute atomic E-state index is 12.4. The van der Waals surface area contributed by atoms with Crippen LogP contribution in [0.2, 0.25) is 0 Å². The summed E-state index contributed by atoms with van der Waals surface area (Å²) in [6, 6.07) is 7.98. The number of thioether (sulfide) groups is 1. The Balaban J connectivity index is 1.60. The summed E-state index contributed by atoms with van der Waals surface area (Å²) in [6.45, 7) is 2.67. The zero-order chi connectivity index (χ0) is 16.9. The van der Waals surface area contributed by atoms with Crippen molar-refractivity contribution in [3.05, 3.63) is 47.3 Å². The van der Waals surface area contributed by atoms with Crippen molar-refractivity contribution < 1.29 is 4.79 Å². The first-order valence-electron chi connectivity index (χ1n) is 8.30. The molecule has 1 amide bonds. The van der Waals surface area contributed by atoms with E-state index in [1.165, 1.54) is 12.0 Å². The number of carbonyl (C=O) groups is 1. The Morgan fingerprint density at radius 3 is 3.08 bits per heavy atom. The number of amides is 1. The minimum atomic E-state index is -0.0340. The molecule has 0 saturated carbocycles. The van der Waals surface area contributed by atoms with Gasteiger partial charge in [0.25, 0.3) is 5.91 Å². The van der Waals surface area contributed by atoms with Gasteiger partial charge in [0.05, 0.1) is 18.4 Å². The predicted molar refractivity (Wildman–Crippen MR) is 97.3 cm³/mol. The Kier molecular flexibility index (Phi) is 5.58. The third kappa shape index (κ3) is 3.99. The number of benzene rings is 1. The van der Waals surface area contributed by atoms with Crippen molar-refractivity contribution in [3.8, 4) is 0 Å². The first-order valence-corrected chi connectivity index (χ1v) is 9.52. The lowest BCUT2D eigenvalue weighted by Crippen LogP contribution is -2.24. The molecule has 5 nitrogen and oxygen atoms in total. The van der Waals surface area contributed by atoms with Gasteiger partial charge >= 0.3 is 0 Å². The Morgan fingerprint density at radius 1 is 1.50 bits per heavy atom. The highest BCUT2D eigenvalue weighted by atomic mass is 32.2. The minimum Gasteiger partial charge on any atom is -0.346 e. The van der Waals surface area contributed by atoms with Gasteiger partial charge in [0.1, 0.15) is 0 Å². The predicted octanol–water partition coefficient (Wildman–Crippen LogP) is 2.22. The van der Waals surface area contributed by atoms with Gasteiger partial charge in [0, 0.05) is 12.6 Å². The van der Waals surface area contributed by atoms with Gasteiger partial charge in [-0.1, -0.05) is 23.9 Å². The van der Waals surface area contributed by atoms with E-state index in [4.69, 9.17) is 0 Å². The van der Waals surface area contributed by atoms with Crippen molar-refractivity contribution in [2.24, 2.45) is 13.0 Å². The van der Waals surface area contributed by atoms with Crippen molar-refractivity contribution in [2.45, 2.75) is 24.5 Å². The van der Waals surface area contributed by atoms with E-state index in [2.05, 4.69) is 21.7 Å². The molecule has 6 heteroatoms. The summed E-state index contributed by atoms with van der Waals surface area (Å²) in [5, 5.41) is 7.33. The van der Waals surface area contributed by atoms with Crippen molar-refractivity contribution in [3.63, 3.8) is 0 Å². The molecule has 24 heavy (non-hydrogen) atoms. The summed E-state index contributed by atoms with van der Waals surface area (Å²) in [5.41, 5.74) is 2.97. The Labute approximate surface area is 147 Å². The van der Waals surface area contributed by atoms with Gasteiger partial charge in [0.2, 0.25) is 0 Å². The van der Waals surface area contributed by atoms with Crippen LogP contribution >= 0.6 is 11.8 Å². The fourth-order valence-corrected chi connectivity index (χ4v) is 3.66. The Hall–Kier alpha value is -1.79. The molecular formula is C18H24N4OS. The lowest BCUT2D eigenvalue weighted by atomic mass is 9.97. The highest BCUT2D eigenvalue weighted by molar-refractivity contribution is 7.98. The molecular weight excluding hydrogens is 320 g/mol. The molecule has 0 radical (unpaired) electrons. The number of aromatic nitrogens is 2. The van der Waals surface area contributed by atoms with E-state index in [0.29, 0.717) is 12.5 Å². The number of imidazole rings is 1. The molecule has 3 rings (SSSR count). The van der Waals surface area contributed by atoms with Crippen LogP contribution in [-0.2, 0) is 20.0 Å². The van der Waals surface area contributed by atoms with Gasteiger partial charge in [0.15, 0.2) is 5.16 Å². The fraction of sp³-hybridized carbons (Fsp3) is 0.444. The summed E-state index contributed by atoms with van der Waals surface area (Å²) < 4.78 is 2.01. The van der Waals surface area contributed by atoms with E-state index < -0.39 is 0 Å². The first-order chi connectivity index (χ1) is 11.7. The third-order valence-corrected chi connectivity index (χ3v) is 5.27. The molecule has 1 aliphatic rings. The average Bonchev–Trinajstić information content (AvgIpc) is 3.22. The molecule has 1 unspecified atom stereocenters. The van der Waals surface area contributed by atoms with Crippen molar-refractivity contribution in [2.75, 3.05) is 19.3 Å². The fourth-order valence-electron chi connectivity index (χ4n) is 3.11.